The van der Waals surface area contributed by atoms with Crippen molar-refractivity contribution >= 4 is 5.91 Å². The van der Waals surface area contributed by atoms with Crippen LogP contribution in [0, 0.1) is 0 Å². The Morgan fingerprint density at radius 3 is 1.82 bits per heavy atom. The summed E-state index contributed by atoms with van der Waals surface area (Å²) in [4.78, 5) is 12.5. The fraction of sp³-hybridized carbons (Fsp3) is 0.350. The van der Waals surface area contributed by atoms with E-state index < -0.39 is 0 Å². The van der Waals surface area contributed by atoms with E-state index in [2.05, 4.69) is 50.4 Å². The van der Waals surface area contributed by atoms with Crippen LogP contribution in [0.5, 0.6) is 0 Å². The molecule has 2 heteroatoms. The highest BCUT2D eigenvalue weighted by atomic mass is 16.1. The van der Waals surface area contributed by atoms with Crippen molar-refractivity contribution in [3.63, 3.8) is 0 Å². The molecule has 2 rings (SSSR count). The first-order chi connectivity index (χ1) is 10.5. The number of hydrogen-bond acceptors (Lipinski definition) is 1. The van der Waals surface area contributed by atoms with Crippen LogP contribution in [0.25, 0.3) is 0 Å². The molecule has 116 valence electrons. The molecule has 0 heterocycles. The van der Waals surface area contributed by atoms with Gasteiger partial charge in [-0.25, -0.2) is 0 Å². The maximum Gasteiger partial charge on any atom is 0.221 e. The summed E-state index contributed by atoms with van der Waals surface area (Å²) in [6.45, 7) is 6.21. The number of hydrogen-bond donors (Lipinski definition) is 1. The van der Waals surface area contributed by atoms with Crippen molar-refractivity contribution in [3.05, 3.63) is 71.8 Å². The molecule has 2 aromatic carbocycles. The van der Waals surface area contributed by atoms with Gasteiger partial charge in [0, 0.05) is 17.9 Å². The lowest BCUT2D eigenvalue weighted by molar-refractivity contribution is -0.122. The van der Waals surface area contributed by atoms with Gasteiger partial charge in [-0.05, 0) is 31.4 Å². The predicted octanol–water partition coefficient (Wildman–Crippen LogP) is 4.51. The van der Waals surface area contributed by atoms with E-state index in [1.165, 1.54) is 11.1 Å². The van der Waals surface area contributed by atoms with E-state index in [1.807, 2.05) is 36.4 Å². The molecule has 0 spiro atoms. The van der Waals surface area contributed by atoms with Gasteiger partial charge in [0.1, 0.15) is 0 Å². The van der Waals surface area contributed by atoms with Crippen molar-refractivity contribution in [2.24, 2.45) is 0 Å². The Labute approximate surface area is 133 Å². The van der Waals surface area contributed by atoms with Crippen molar-refractivity contribution in [2.75, 3.05) is 0 Å². The fourth-order valence-electron chi connectivity index (χ4n) is 2.50. The molecule has 0 atom stereocenters. The molecule has 0 aliphatic carbocycles. The van der Waals surface area contributed by atoms with E-state index in [-0.39, 0.29) is 17.4 Å². The highest BCUT2D eigenvalue weighted by Gasteiger charge is 2.22. The van der Waals surface area contributed by atoms with Crippen LogP contribution in [-0.4, -0.2) is 11.4 Å². The molecule has 0 aliphatic rings. The number of carbonyl (C=O) groups excluding carboxylic acids is 1. The van der Waals surface area contributed by atoms with Crippen LogP contribution in [0.3, 0.4) is 0 Å². The average molecular weight is 295 g/mol. The quantitative estimate of drug-likeness (QED) is 0.834. The number of rotatable bonds is 6. The summed E-state index contributed by atoms with van der Waals surface area (Å²) in [5, 5.41) is 3.14. The lowest BCUT2D eigenvalue weighted by atomic mass is 9.88. The Kier molecular flexibility index (Phi) is 5.37. The van der Waals surface area contributed by atoms with Crippen molar-refractivity contribution in [3.8, 4) is 0 Å². The summed E-state index contributed by atoms with van der Waals surface area (Å²) in [5.41, 5.74) is 2.20. The van der Waals surface area contributed by atoms with Crippen molar-refractivity contribution < 1.29 is 4.79 Å². The Hall–Kier alpha value is -2.09. The smallest absolute Gasteiger partial charge is 0.221 e. The first-order valence-corrected chi connectivity index (χ1v) is 7.93. The molecule has 2 aromatic rings. The summed E-state index contributed by atoms with van der Waals surface area (Å²) >= 11 is 0. The minimum Gasteiger partial charge on any atom is -0.351 e. The van der Waals surface area contributed by atoms with Gasteiger partial charge in [0.2, 0.25) is 5.91 Å². The fourth-order valence-corrected chi connectivity index (χ4v) is 2.50. The normalized spacial score (nSPS) is 11.5. The topological polar surface area (TPSA) is 29.1 Å². The van der Waals surface area contributed by atoms with Gasteiger partial charge in [-0.15, -0.1) is 0 Å². The second-order valence-corrected chi connectivity index (χ2v) is 6.36. The summed E-state index contributed by atoms with van der Waals surface area (Å²) in [5.74, 6) is 0.194. The van der Waals surface area contributed by atoms with Gasteiger partial charge >= 0.3 is 0 Å². The number of amides is 1. The standard InChI is InChI=1S/C20H25NO/c1-4-20(2,3)21-19(22)15-18(16-11-7-5-8-12-16)17-13-9-6-10-14-17/h5-14,18H,4,15H2,1-3H3,(H,21,22). The van der Waals surface area contributed by atoms with Gasteiger partial charge in [-0.2, -0.15) is 0 Å². The third-order valence-corrected chi connectivity index (χ3v) is 4.16. The van der Waals surface area contributed by atoms with Gasteiger partial charge in [0.05, 0.1) is 0 Å². The molecule has 1 N–H and O–H groups in total. The Bertz CT molecular complexity index is 550. The Balaban J connectivity index is 2.21. The van der Waals surface area contributed by atoms with Gasteiger partial charge < -0.3 is 5.32 Å². The van der Waals surface area contributed by atoms with E-state index in [0.717, 1.165) is 6.42 Å². The third-order valence-electron chi connectivity index (χ3n) is 4.16. The number of benzene rings is 2. The van der Waals surface area contributed by atoms with Crippen LogP contribution in [-0.2, 0) is 4.79 Å². The Morgan fingerprint density at radius 1 is 0.955 bits per heavy atom. The molecule has 0 unspecified atom stereocenters. The number of nitrogens with one attached hydrogen (secondary N) is 1. The van der Waals surface area contributed by atoms with Gasteiger partial charge in [0.15, 0.2) is 0 Å². The van der Waals surface area contributed by atoms with E-state index in [1.54, 1.807) is 0 Å². The van der Waals surface area contributed by atoms with Crippen molar-refractivity contribution in [1.29, 1.82) is 0 Å². The minimum atomic E-state index is -0.158. The zero-order valence-corrected chi connectivity index (χ0v) is 13.7. The van der Waals surface area contributed by atoms with E-state index in [9.17, 15) is 4.79 Å². The molecular formula is C20H25NO. The maximum atomic E-state index is 12.5. The van der Waals surface area contributed by atoms with Crippen LogP contribution >= 0.6 is 0 Å². The zero-order chi connectivity index (χ0) is 16.0. The molecule has 0 bridgehead atoms. The van der Waals surface area contributed by atoms with Crippen molar-refractivity contribution in [2.45, 2.75) is 45.1 Å². The lowest BCUT2D eigenvalue weighted by Crippen LogP contribution is -2.43. The molecule has 2 nitrogen and oxygen atoms in total. The molecule has 0 radical (unpaired) electrons. The summed E-state index contributed by atoms with van der Waals surface area (Å²) in [6.07, 6.45) is 1.39. The molecular weight excluding hydrogens is 270 g/mol. The highest BCUT2D eigenvalue weighted by molar-refractivity contribution is 5.78. The average Bonchev–Trinajstić information content (AvgIpc) is 2.54. The predicted molar refractivity (Wildman–Crippen MR) is 91.9 cm³/mol. The summed E-state index contributed by atoms with van der Waals surface area (Å²) < 4.78 is 0. The van der Waals surface area contributed by atoms with E-state index in [4.69, 9.17) is 0 Å². The molecule has 0 fully saturated rings. The molecule has 0 aliphatic heterocycles. The van der Waals surface area contributed by atoms with Gasteiger partial charge in [-0.1, -0.05) is 67.6 Å². The van der Waals surface area contributed by atoms with Crippen LogP contribution in [0.1, 0.15) is 50.7 Å². The third kappa shape index (κ3) is 4.45. The monoisotopic (exact) mass is 295 g/mol. The van der Waals surface area contributed by atoms with Gasteiger partial charge in [0.25, 0.3) is 0 Å². The Morgan fingerprint density at radius 2 is 1.41 bits per heavy atom. The van der Waals surface area contributed by atoms with E-state index in [0.29, 0.717) is 6.42 Å². The summed E-state index contributed by atoms with van der Waals surface area (Å²) in [6, 6.07) is 20.5. The molecule has 22 heavy (non-hydrogen) atoms. The second kappa shape index (κ2) is 7.26. The highest BCUT2D eigenvalue weighted by Crippen LogP contribution is 2.28. The SMILES string of the molecule is CCC(C)(C)NC(=O)CC(c1ccccc1)c1ccccc1. The van der Waals surface area contributed by atoms with Crippen LogP contribution in [0.4, 0.5) is 0 Å². The van der Waals surface area contributed by atoms with Crippen LogP contribution in [0.2, 0.25) is 0 Å². The molecule has 0 saturated heterocycles. The number of carbonyl (C=O) groups is 1. The lowest BCUT2D eigenvalue weighted by Gasteiger charge is -2.26. The largest absolute Gasteiger partial charge is 0.351 e. The van der Waals surface area contributed by atoms with Gasteiger partial charge in [-0.3, -0.25) is 4.79 Å². The minimum absolute atomic E-state index is 0.0926. The molecule has 1 amide bonds. The first-order valence-electron chi connectivity index (χ1n) is 7.93. The van der Waals surface area contributed by atoms with E-state index >= 15 is 0 Å². The van der Waals surface area contributed by atoms with Crippen molar-refractivity contribution in [1.82, 2.24) is 5.32 Å². The maximum absolute atomic E-state index is 12.5. The second-order valence-electron chi connectivity index (χ2n) is 6.36. The summed E-state index contributed by atoms with van der Waals surface area (Å²) in [7, 11) is 0. The zero-order valence-electron chi connectivity index (χ0n) is 13.7. The first kappa shape index (κ1) is 16.3. The molecule has 0 saturated carbocycles. The van der Waals surface area contributed by atoms with Crippen LogP contribution in [0.15, 0.2) is 60.7 Å². The van der Waals surface area contributed by atoms with Crippen LogP contribution < -0.4 is 5.32 Å². The molecule has 0 aromatic heterocycles.